The largest absolute Gasteiger partial charge is 0.508 e. The summed E-state index contributed by atoms with van der Waals surface area (Å²) >= 11 is 0. The van der Waals surface area contributed by atoms with Crippen LogP contribution in [0.25, 0.3) is 16.9 Å². The summed E-state index contributed by atoms with van der Waals surface area (Å²) in [5.41, 5.74) is 3.76. The van der Waals surface area contributed by atoms with Crippen molar-refractivity contribution >= 4 is 23.2 Å². The van der Waals surface area contributed by atoms with E-state index < -0.39 is 58.0 Å². The molecule has 1 fully saturated rings. The maximum atomic E-state index is 13.8. The van der Waals surface area contributed by atoms with Gasteiger partial charge in [-0.25, -0.2) is 0 Å². The third-order valence-corrected chi connectivity index (χ3v) is 7.62. The molecule has 11 heteroatoms. The van der Waals surface area contributed by atoms with E-state index in [1.165, 1.54) is 11.0 Å². The van der Waals surface area contributed by atoms with Crippen LogP contribution < -0.4 is 5.73 Å². The number of likely N-dealkylation sites (N-methyl/N-ethyl adjacent to an activating group) is 1. The molecule has 6 N–H and O–H groups in total. The zero-order valence-corrected chi connectivity index (χ0v) is 19.9. The first-order valence-corrected chi connectivity index (χ1v) is 11.4. The Kier molecular flexibility index (Phi) is 5.13. The van der Waals surface area contributed by atoms with Crippen molar-refractivity contribution in [1.82, 2.24) is 14.7 Å². The van der Waals surface area contributed by atoms with Crippen LogP contribution in [0.5, 0.6) is 5.75 Å². The third-order valence-electron chi connectivity index (χ3n) is 7.62. The molecule has 1 heterocycles. The SMILES string of the molecule is CN(C)[C@H]1C(=O)C(C(N)=O)=C(O)[C@@]2(O)C(=O)C3=C(O)c4c(O)ccc(-c5cnn(C)c5)c4C[C@H]3C[C@@H]12. The molecule has 1 aromatic heterocycles. The number of amides is 1. The zero-order valence-electron chi connectivity index (χ0n) is 19.9. The Morgan fingerprint density at radius 3 is 2.50 bits per heavy atom. The lowest BCUT2D eigenvalue weighted by Crippen LogP contribution is -2.65. The van der Waals surface area contributed by atoms with Crippen LogP contribution in [0.4, 0.5) is 0 Å². The topological polar surface area (TPSA) is 179 Å². The van der Waals surface area contributed by atoms with Crippen LogP contribution in [0.3, 0.4) is 0 Å². The molecule has 11 nitrogen and oxygen atoms in total. The van der Waals surface area contributed by atoms with Gasteiger partial charge in [0, 0.05) is 30.3 Å². The molecule has 0 spiro atoms. The smallest absolute Gasteiger partial charge is 0.255 e. The van der Waals surface area contributed by atoms with E-state index in [-0.39, 0.29) is 29.7 Å². The van der Waals surface area contributed by atoms with E-state index in [1.54, 1.807) is 44.3 Å². The van der Waals surface area contributed by atoms with E-state index in [2.05, 4.69) is 5.10 Å². The first-order valence-electron chi connectivity index (χ1n) is 11.4. The van der Waals surface area contributed by atoms with Crippen molar-refractivity contribution in [1.29, 1.82) is 0 Å². The van der Waals surface area contributed by atoms with Gasteiger partial charge in [-0.1, -0.05) is 6.07 Å². The minimum Gasteiger partial charge on any atom is -0.508 e. The Morgan fingerprint density at radius 2 is 1.92 bits per heavy atom. The van der Waals surface area contributed by atoms with Gasteiger partial charge in [0.2, 0.25) is 5.78 Å². The van der Waals surface area contributed by atoms with Gasteiger partial charge < -0.3 is 26.2 Å². The number of nitrogens with two attached hydrogens (primary N) is 1. The predicted molar refractivity (Wildman–Crippen MR) is 126 cm³/mol. The fourth-order valence-corrected chi connectivity index (χ4v) is 6.07. The van der Waals surface area contributed by atoms with Gasteiger partial charge in [-0.2, -0.15) is 5.10 Å². The number of ketones is 2. The molecule has 0 aliphatic heterocycles. The number of primary amides is 1. The molecule has 3 aliphatic carbocycles. The van der Waals surface area contributed by atoms with Crippen LogP contribution in [0.2, 0.25) is 0 Å². The average molecular weight is 495 g/mol. The molecule has 1 aromatic carbocycles. The summed E-state index contributed by atoms with van der Waals surface area (Å²) in [6, 6.07) is 1.97. The maximum Gasteiger partial charge on any atom is 0.255 e. The van der Waals surface area contributed by atoms with Gasteiger partial charge in [0.15, 0.2) is 11.4 Å². The quantitative estimate of drug-likeness (QED) is 0.377. The molecular formula is C25H26N4O7. The van der Waals surface area contributed by atoms with E-state index in [0.29, 0.717) is 11.1 Å². The van der Waals surface area contributed by atoms with Crippen LogP contribution in [0.1, 0.15) is 17.5 Å². The number of benzene rings is 1. The Hall–Kier alpha value is -3.96. The molecule has 3 aliphatic rings. The molecule has 0 bridgehead atoms. The lowest BCUT2D eigenvalue weighted by molar-refractivity contribution is -0.153. The second-order valence-electron chi connectivity index (χ2n) is 9.85. The fraction of sp³-hybridized carbons (Fsp3) is 0.360. The summed E-state index contributed by atoms with van der Waals surface area (Å²) in [4.78, 5) is 40.5. The highest BCUT2D eigenvalue weighted by atomic mass is 16.3. The number of hydrogen-bond acceptors (Lipinski definition) is 9. The number of phenols is 1. The lowest BCUT2D eigenvalue weighted by atomic mass is 9.57. The minimum absolute atomic E-state index is 0.0356. The summed E-state index contributed by atoms with van der Waals surface area (Å²) in [6.07, 6.45) is 3.68. The van der Waals surface area contributed by atoms with Crippen molar-refractivity contribution in [3.8, 4) is 16.9 Å². The van der Waals surface area contributed by atoms with Gasteiger partial charge in [-0.05, 0) is 50.0 Å². The van der Waals surface area contributed by atoms with Gasteiger partial charge >= 0.3 is 0 Å². The zero-order chi connectivity index (χ0) is 26.3. The Labute approximate surface area is 205 Å². The number of aliphatic hydroxyl groups excluding tert-OH is 2. The number of aromatic hydroxyl groups is 1. The molecule has 2 aromatic rings. The van der Waals surface area contributed by atoms with Crippen molar-refractivity contribution in [3.63, 3.8) is 0 Å². The molecule has 5 rings (SSSR count). The highest BCUT2D eigenvalue weighted by Crippen LogP contribution is 2.53. The average Bonchev–Trinajstić information content (AvgIpc) is 3.22. The van der Waals surface area contributed by atoms with Crippen LogP contribution >= 0.6 is 0 Å². The fourth-order valence-electron chi connectivity index (χ4n) is 6.07. The van der Waals surface area contributed by atoms with E-state index in [1.807, 2.05) is 0 Å². The molecule has 0 unspecified atom stereocenters. The highest BCUT2D eigenvalue weighted by molar-refractivity contribution is 6.24. The molecule has 1 saturated carbocycles. The molecule has 36 heavy (non-hydrogen) atoms. The first kappa shape index (κ1) is 23.8. The summed E-state index contributed by atoms with van der Waals surface area (Å²) in [5, 5.41) is 48.6. The molecule has 1 amide bonds. The van der Waals surface area contributed by atoms with Gasteiger partial charge in [0.25, 0.3) is 5.91 Å². The Bertz CT molecular complexity index is 1420. The van der Waals surface area contributed by atoms with E-state index in [0.717, 1.165) is 5.56 Å². The number of aryl methyl sites for hydroxylation is 1. The number of phenolic OH excluding ortho intramolecular Hbond substituents is 1. The number of Topliss-reactive ketones (excluding diaryl/α,β-unsaturated/α-hetero) is 2. The second-order valence-corrected chi connectivity index (χ2v) is 9.85. The summed E-state index contributed by atoms with van der Waals surface area (Å²) in [5.74, 6) is -6.71. The standard InChI is InChI=1S/C25H26N4O7/c1-28(2)19-14-7-10-6-13-12(11-8-27-29(3)9-11)4-5-15(30)17(13)20(31)16(10)22(33)25(14,36)23(34)18(21(19)32)24(26)35/h4-5,8-10,14,19,30-31,34,36H,6-7H2,1-3H3,(H2,26,35)/t10-,14-,19+,25-/m0/s1. The monoisotopic (exact) mass is 494 g/mol. The third kappa shape index (κ3) is 2.99. The summed E-state index contributed by atoms with van der Waals surface area (Å²) < 4.78 is 1.61. The van der Waals surface area contributed by atoms with Crippen LogP contribution in [0.15, 0.2) is 41.4 Å². The van der Waals surface area contributed by atoms with Gasteiger partial charge in [-0.3, -0.25) is 24.0 Å². The van der Waals surface area contributed by atoms with Gasteiger partial charge in [0.05, 0.1) is 17.8 Å². The Balaban J connectivity index is 1.75. The van der Waals surface area contributed by atoms with E-state index in [4.69, 9.17) is 5.73 Å². The number of carbonyl (C=O) groups is 3. The number of fused-ring (bicyclic) bond motifs is 3. The highest BCUT2D eigenvalue weighted by Gasteiger charge is 2.64. The van der Waals surface area contributed by atoms with Crippen molar-refractivity contribution in [2.45, 2.75) is 24.5 Å². The summed E-state index contributed by atoms with van der Waals surface area (Å²) in [7, 11) is 4.88. The molecule has 0 radical (unpaired) electrons. The first-order chi connectivity index (χ1) is 16.9. The van der Waals surface area contributed by atoms with Gasteiger partial charge in [-0.15, -0.1) is 0 Å². The van der Waals surface area contributed by atoms with Crippen molar-refractivity contribution in [2.75, 3.05) is 14.1 Å². The predicted octanol–water partition coefficient (Wildman–Crippen LogP) is 0.365. The number of carbonyl (C=O) groups excluding carboxylic acids is 3. The second kappa shape index (κ2) is 7.77. The van der Waals surface area contributed by atoms with E-state index in [9.17, 15) is 34.8 Å². The number of hydrogen-bond donors (Lipinski definition) is 5. The van der Waals surface area contributed by atoms with Gasteiger partial charge in [0.1, 0.15) is 22.8 Å². The van der Waals surface area contributed by atoms with Crippen molar-refractivity contribution in [2.24, 2.45) is 24.6 Å². The molecule has 4 atom stereocenters. The normalized spacial score (nSPS) is 27.8. The number of aliphatic hydroxyl groups is 3. The van der Waals surface area contributed by atoms with Crippen LogP contribution in [-0.2, 0) is 27.9 Å². The summed E-state index contributed by atoms with van der Waals surface area (Å²) in [6.45, 7) is 0. The number of nitrogens with zero attached hydrogens (tertiary/aromatic N) is 3. The lowest BCUT2D eigenvalue weighted by Gasteiger charge is -2.50. The van der Waals surface area contributed by atoms with E-state index >= 15 is 0 Å². The Morgan fingerprint density at radius 1 is 1.22 bits per heavy atom. The number of aromatic nitrogens is 2. The van der Waals surface area contributed by atoms with Crippen LogP contribution in [-0.4, -0.2) is 78.3 Å². The van der Waals surface area contributed by atoms with Crippen molar-refractivity contribution < 1.29 is 34.8 Å². The maximum absolute atomic E-state index is 13.8. The number of rotatable bonds is 3. The van der Waals surface area contributed by atoms with Crippen molar-refractivity contribution in [3.05, 3.63) is 52.6 Å². The minimum atomic E-state index is -2.65. The molecular weight excluding hydrogens is 468 g/mol. The molecule has 0 saturated heterocycles. The molecule has 188 valence electrons. The van der Waals surface area contributed by atoms with Crippen LogP contribution in [0, 0.1) is 11.8 Å².